The van der Waals surface area contributed by atoms with E-state index in [1.54, 1.807) is 0 Å². The molecule has 0 spiro atoms. The van der Waals surface area contributed by atoms with E-state index in [1.165, 1.54) is 12.3 Å². The van der Waals surface area contributed by atoms with Crippen LogP contribution in [0.4, 0.5) is 14.7 Å². The van der Waals surface area contributed by atoms with E-state index in [2.05, 4.69) is 25.3 Å². The molecule has 11 heteroatoms. The number of rotatable bonds is 4. The van der Waals surface area contributed by atoms with Crippen LogP contribution in [0.2, 0.25) is 0 Å². The van der Waals surface area contributed by atoms with Gasteiger partial charge in [-0.05, 0) is 31.9 Å². The number of nitrogens with one attached hydrogen (secondary N) is 1. The fraction of sp³-hybridized carbons (Fsp3) is 0.348. The number of anilines is 1. The Hall–Kier alpha value is -3.73. The molecule has 0 radical (unpaired) electrons. The first kappa shape index (κ1) is 20.8. The Bertz CT molecular complexity index is 1450. The van der Waals surface area contributed by atoms with E-state index in [4.69, 9.17) is 4.74 Å². The summed E-state index contributed by atoms with van der Waals surface area (Å²) in [6.45, 7) is 2.86. The van der Waals surface area contributed by atoms with Gasteiger partial charge < -0.3 is 9.64 Å². The molecule has 1 saturated heterocycles. The molecule has 2 atom stereocenters. The molecular weight excluding hydrogens is 444 g/mol. The number of hydrogen-bond acceptors (Lipinski definition) is 7. The second-order valence-electron chi connectivity index (χ2n) is 8.78. The maximum absolute atomic E-state index is 14.7. The van der Waals surface area contributed by atoms with Gasteiger partial charge in [0.05, 0.1) is 42.2 Å². The van der Waals surface area contributed by atoms with E-state index in [9.17, 15) is 13.6 Å². The first-order valence-corrected chi connectivity index (χ1v) is 11.1. The van der Waals surface area contributed by atoms with Gasteiger partial charge in [-0.2, -0.15) is 10.2 Å². The van der Waals surface area contributed by atoms with Gasteiger partial charge in [0.2, 0.25) is 5.95 Å². The van der Waals surface area contributed by atoms with Crippen LogP contribution in [0, 0.1) is 11.6 Å². The molecule has 4 aromatic rings. The summed E-state index contributed by atoms with van der Waals surface area (Å²) in [7, 11) is 0. The summed E-state index contributed by atoms with van der Waals surface area (Å²) in [6, 6.07) is 3.70. The van der Waals surface area contributed by atoms with Crippen molar-refractivity contribution >= 4 is 16.9 Å². The molecular formula is C23H21F2N7O2. The molecule has 34 heavy (non-hydrogen) atoms. The topological polar surface area (TPSA) is 102 Å². The van der Waals surface area contributed by atoms with Gasteiger partial charge in [-0.15, -0.1) is 0 Å². The molecule has 1 aliphatic heterocycles. The maximum atomic E-state index is 14.7. The molecule has 1 saturated carbocycles. The van der Waals surface area contributed by atoms with Gasteiger partial charge in [0, 0.05) is 29.9 Å². The summed E-state index contributed by atoms with van der Waals surface area (Å²) >= 11 is 0. The van der Waals surface area contributed by atoms with Crippen LogP contribution < -0.4 is 10.5 Å². The van der Waals surface area contributed by atoms with Gasteiger partial charge in [-0.25, -0.2) is 23.8 Å². The molecule has 2 aliphatic rings. The number of H-pyrrole nitrogens is 1. The summed E-state index contributed by atoms with van der Waals surface area (Å²) in [5, 5.41) is 10.9. The Morgan fingerprint density at radius 1 is 1.15 bits per heavy atom. The summed E-state index contributed by atoms with van der Waals surface area (Å²) < 4.78 is 36.4. The largest absolute Gasteiger partial charge is 0.367 e. The number of ether oxygens (including phenoxy) is 1. The summed E-state index contributed by atoms with van der Waals surface area (Å²) in [6.07, 6.45) is 7.04. The van der Waals surface area contributed by atoms with Gasteiger partial charge in [0.1, 0.15) is 23.3 Å². The maximum Gasteiger partial charge on any atom is 0.290 e. The van der Waals surface area contributed by atoms with E-state index in [0.29, 0.717) is 19.1 Å². The molecule has 1 aliphatic carbocycles. The average Bonchev–Trinajstić information content (AvgIpc) is 3.55. The van der Waals surface area contributed by atoms with Crippen molar-refractivity contribution in [2.75, 3.05) is 18.0 Å². The summed E-state index contributed by atoms with van der Waals surface area (Å²) in [4.78, 5) is 23.6. The lowest BCUT2D eigenvalue weighted by Gasteiger charge is -2.36. The van der Waals surface area contributed by atoms with Crippen molar-refractivity contribution in [1.82, 2.24) is 29.9 Å². The van der Waals surface area contributed by atoms with Crippen LogP contribution in [-0.2, 0) is 4.74 Å². The van der Waals surface area contributed by atoms with E-state index >= 15 is 0 Å². The number of morpholine rings is 1. The minimum atomic E-state index is -0.785. The minimum Gasteiger partial charge on any atom is -0.367 e. The van der Waals surface area contributed by atoms with Crippen molar-refractivity contribution in [2.24, 2.45) is 0 Å². The zero-order valence-corrected chi connectivity index (χ0v) is 18.3. The van der Waals surface area contributed by atoms with Crippen LogP contribution >= 0.6 is 0 Å². The Morgan fingerprint density at radius 2 is 2.00 bits per heavy atom. The molecule has 6 rings (SSSR count). The second kappa shape index (κ2) is 7.94. The molecule has 2 fully saturated rings. The van der Waals surface area contributed by atoms with Crippen molar-refractivity contribution in [3.63, 3.8) is 0 Å². The van der Waals surface area contributed by atoms with Gasteiger partial charge in [-0.3, -0.25) is 9.48 Å². The lowest BCUT2D eigenvalue weighted by molar-refractivity contribution is -0.0178. The molecule has 0 bridgehead atoms. The fourth-order valence-corrected chi connectivity index (χ4v) is 4.35. The lowest BCUT2D eigenvalue weighted by atomic mass is 10.1. The Morgan fingerprint density at radius 3 is 2.79 bits per heavy atom. The number of halogens is 2. The van der Waals surface area contributed by atoms with Crippen LogP contribution in [0.3, 0.4) is 0 Å². The zero-order valence-electron chi connectivity index (χ0n) is 18.3. The SMILES string of the molecule is C[C@@H]1CN(c2nc(-c3ccc(F)cc3F)c3cn[nH]c(=O)c3n2)C[C@H](c2cnn(C3CC3)c2)O1. The minimum absolute atomic E-state index is 0.0611. The van der Waals surface area contributed by atoms with E-state index in [1.807, 2.05) is 28.9 Å². The third-order valence-corrected chi connectivity index (χ3v) is 6.15. The van der Waals surface area contributed by atoms with Crippen molar-refractivity contribution < 1.29 is 13.5 Å². The van der Waals surface area contributed by atoms with E-state index in [0.717, 1.165) is 30.5 Å². The predicted molar refractivity (Wildman–Crippen MR) is 119 cm³/mol. The quantitative estimate of drug-likeness (QED) is 0.494. The number of aromatic amines is 1. The standard InChI is InChI=1S/C23H21F2N7O2/c1-12-9-31(11-19(34-12)13-7-27-32(10-13)15-3-4-15)23-28-20(16-5-2-14(24)6-18(16)25)17-8-26-30-22(33)21(17)29-23/h2,5-8,10,12,15,19H,3-4,9,11H2,1H3,(H,30,33)/t12-,19-/m1/s1. The van der Waals surface area contributed by atoms with Crippen LogP contribution in [0.15, 0.2) is 41.6 Å². The van der Waals surface area contributed by atoms with Crippen molar-refractivity contribution in [3.8, 4) is 11.3 Å². The normalized spacial score (nSPS) is 20.7. The number of fused-ring (bicyclic) bond motifs is 1. The fourth-order valence-electron chi connectivity index (χ4n) is 4.35. The first-order valence-electron chi connectivity index (χ1n) is 11.1. The van der Waals surface area contributed by atoms with E-state index in [-0.39, 0.29) is 40.3 Å². The van der Waals surface area contributed by atoms with Crippen LogP contribution in [0.1, 0.15) is 37.5 Å². The van der Waals surface area contributed by atoms with Gasteiger partial charge in [0.25, 0.3) is 5.56 Å². The Balaban J connectivity index is 1.43. The molecule has 9 nitrogen and oxygen atoms in total. The smallest absolute Gasteiger partial charge is 0.290 e. The number of benzene rings is 1. The van der Waals surface area contributed by atoms with Crippen molar-refractivity contribution in [2.45, 2.75) is 38.0 Å². The van der Waals surface area contributed by atoms with Crippen molar-refractivity contribution in [1.29, 1.82) is 0 Å². The molecule has 0 amide bonds. The molecule has 3 aromatic heterocycles. The van der Waals surface area contributed by atoms with Gasteiger partial charge in [-0.1, -0.05) is 0 Å². The number of nitrogens with zero attached hydrogens (tertiary/aromatic N) is 6. The van der Waals surface area contributed by atoms with Crippen LogP contribution in [-0.4, -0.2) is 49.1 Å². The zero-order chi connectivity index (χ0) is 23.4. The Labute approximate surface area is 192 Å². The van der Waals surface area contributed by atoms with Gasteiger partial charge in [0.15, 0.2) is 0 Å². The van der Waals surface area contributed by atoms with Gasteiger partial charge >= 0.3 is 0 Å². The summed E-state index contributed by atoms with van der Waals surface area (Å²) in [5.74, 6) is -1.22. The van der Waals surface area contributed by atoms with Crippen molar-refractivity contribution in [3.05, 3.63) is 64.3 Å². The second-order valence-corrected chi connectivity index (χ2v) is 8.78. The highest BCUT2D eigenvalue weighted by Crippen LogP contribution is 2.36. The summed E-state index contributed by atoms with van der Waals surface area (Å²) in [5.41, 5.74) is 0.750. The number of hydrogen-bond donors (Lipinski definition) is 1. The third-order valence-electron chi connectivity index (χ3n) is 6.15. The molecule has 0 unspecified atom stereocenters. The highest BCUT2D eigenvalue weighted by Gasteiger charge is 2.31. The Kier molecular flexibility index (Phi) is 4.87. The molecule has 1 N–H and O–H groups in total. The number of aromatic nitrogens is 6. The molecule has 174 valence electrons. The third kappa shape index (κ3) is 3.71. The first-order chi connectivity index (χ1) is 16.5. The monoisotopic (exact) mass is 465 g/mol. The molecule has 1 aromatic carbocycles. The average molecular weight is 465 g/mol. The van der Waals surface area contributed by atoms with Crippen LogP contribution in [0.5, 0.6) is 0 Å². The highest BCUT2D eigenvalue weighted by atomic mass is 19.1. The van der Waals surface area contributed by atoms with Crippen LogP contribution in [0.25, 0.3) is 22.2 Å². The predicted octanol–water partition coefficient (Wildman–Crippen LogP) is 3.16. The van der Waals surface area contributed by atoms with E-state index < -0.39 is 17.2 Å². The lowest BCUT2D eigenvalue weighted by Crippen LogP contribution is -2.43. The molecule has 4 heterocycles. The highest BCUT2D eigenvalue weighted by molar-refractivity contribution is 5.92.